The summed E-state index contributed by atoms with van der Waals surface area (Å²) in [5.41, 5.74) is 0. The molecule has 1 aliphatic heterocycles. The third-order valence-corrected chi connectivity index (χ3v) is 7.27. The Morgan fingerprint density at radius 2 is 1.70 bits per heavy atom. The molecule has 1 amide bonds. The van der Waals surface area contributed by atoms with Gasteiger partial charge in [-0.25, -0.2) is 0 Å². The standard InChI is InChI=1S/C20H40IN4O2/c1-6-21-25-13-11-24(12-14-25)15-19(26)22-10-8-7-9-18(23-17(4)5)20(27)16(2)3/h16-18,23H,6-15H2,1-5H3,(H,22,26)/q-1/t18-/m0/s1. The number of amides is 1. The van der Waals surface area contributed by atoms with Crippen LogP contribution in [0.1, 0.15) is 53.9 Å². The molecule has 27 heavy (non-hydrogen) atoms. The second-order valence-corrected chi connectivity index (χ2v) is 11.4. The van der Waals surface area contributed by atoms with Crippen molar-refractivity contribution < 1.29 is 31.1 Å². The topological polar surface area (TPSA) is 64.7 Å². The predicted molar refractivity (Wildman–Crippen MR) is 107 cm³/mol. The van der Waals surface area contributed by atoms with Gasteiger partial charge >= 0.3 is 121 Å². The van der Waals surface area contributed by atoms with Crippen LogP contribution < -0.4 is 32.1 Å². The van der Waals surface area contributed by atoms with Crippen molar-refractivity contribution in [2.75, 3.05) is 43.7 Å². The summed E-state index contributed by atoms with van der Waals surface area (Å²) in [5, 5.41) is 6.42. The van der Waals surface area contributed by atoms with Crippen LogP contribution in [0.2, 0.25) is 0 Å². The van der Waals surface area contributed by atoms with Crippen molar-refractivity contribution in [3.8, 4) is 0 Å². The number of piperazine rings is 1. The molecule has 2 N–H and O–H groups in total. The van der Waals surface area contributed by atoms with Crippen molar-refractivity contribution in [2.24, 2.45) is 5.92 Å². The van der Waals surface area contributed by atoms with Gasteiger partial charge in [-0.2, -0.15) is 0 Å². The van der Waals surface area contributed by atoms with Crippen LogP contribution in [-0.4, -0.2) is 75.5 Å². The van der Waals surface area contributed by atoms with Gasteiger partial charge in [-0.3, -0.25) is 4.79 Å². The van der Waals surface area contributed by atoms with Crippen molar-refractivity contribution in [2.45, 2.75) is 66.0 Å². The number of carbonyl (C=O) groups is 2. The van der Waals surface area contributed by atoms with Crippen LogP contribution in [0.5, 0.6) is 0 Å². The molecule has 0 aromatic carbocycles. The Morgan fingerprint density at radius 3 is 2.26 bits per heavy atom. The van der Waals surface area contributed by atoms with E-state index in [1.54, 1.807) is 0 Å². The summed E-state index contributed by atoms with van der Waals surface area (Å²) >= 11 is 0.208. The van der Waals surface area contributed by atoms with Crippen LogP contribution in [0, 0.1) is 5.92 Å². The SMILES string of the molecule is CC[I-]N1CCN(CC(=O)NCCCC[C@H](NC(C)C)C(=O)C(C)C)CC1. The van der Waals surface area contributed by atoms with Crippen LogP contribution in [0.15, 0.2) is 0 Å². The Kier molecular flexibility index (Phi) is 12.7. The van der Waals surface area contributed by atoms with E-state index in [9.17, 15) is 9.59 Å². The number of hydrogen-bond acceptors (Lipinski definition) is 5. The number of hydrogen-bond donors (Lipinski definition) is 2. The molecular formula is C20H40IN4O2-. The monoisotopic (exact) mass is 495 g/mol. The van der Waals surface area contributed by atoms with E-state index < -0.39 is 0 Å². The number of ketones is 1. The minimum atomic E-state index is -0.0667. The average molecular weight is 495 g/mol. The fourth-order valence-electron chi connectivity index (χ4n) is 3.24. The van der Waals surface area contributed by atoms with E-state index in [1.165, 1.54) is 4.43 Å². The Labute approximate surface area is 176 Å². The van der Waals surface area contributed by atoms with Gasteiger partial charge in [-0.05, 0) is 0 Å². The predicted octanol–water partition coefficient (Wildman–Crippen LogP) is -1.49. The maximum absolute atomic E-state index is 12.3. The number of nitrogens with zero attached hydrogens (tertiary/aromatic N) is 2. The number of carbonyl (C=O) groups excluding carboxylic acids is 2. The van der Waals surface area contributed by atoms with Crippen LogP contribution in [0.25, 0.3) is 0 Å². The zero-order chi connectivity index (χ0) is 20.2. The normalized spacial score (nSPS) is 17.6. The molecule has 1 fully saturated rings. The van der Waals surface area contributed by atoms with Crippen molar-refractivity contribution in [1.29, 1.82) is 0 Å². The molecule has 160 valence electrons. The van der Waals surface area contributed by atoms with Gasteiger partial charge < -0.3 is 5.32 Å². The van der Waals surface area contributed by atoms with E-state index in [4.69, 9.17) is 0 Å². The Hall–Kier alpha value is -0.250. The third kappa shape index (κ3) is 10.8. The first kappa shape index (κ1) is 24.8. The second kappa shape index (κ2) is 13.8. The Morgan fingerprint density at radius 1 is 1.04 bits per heavy atom. The first-order valence-electron chi connectivity index (χ1n) is 10.5. The van der Waals surface area contributed by atoms with Crippen molar-refractivity contribution in [3.05, 3.63) is 0 Å². The number of unbranched alkanes of at least 4 members (excludes halogenated alkanes) is 1. The first-order valence-corrected chi connectivity index (χ1v) is 13.0. The van der Waals surface area contributed by atoms with Gasteiger partial charge in [0.2, 0.25) is 0 Å². The fraction of sp³-hybridized carbons (Fsp3) is 0.900. The fourth-order valence-corrected chi connectivity index (χ4v) is 5.32. The minimum absolute atomic E-state index is 0.0564. The van der Waals surface area contributed by atoms with Gasteiger partial charge in [0.15, 0.2) is 5.78 Å². The van der Waals surface area contributed by atoms with Gasteiger partial charge in [0.25, 0.3) is 0 Å². The molecule has 7 heteroatoms. The van der Waals surface area contributed by atoms with E-state index in [0.717, 1.165) is 45.4 Å². The molecule has 6 nitrogen and oxygen atoms in total. The molecule has 1 rings (SSSR count). The van der Waals surface area contributed by atoms with E-state index >= 15 is 0 Å². The molecule has 1 heterocycles. The zero-order valence-corrected chi connectivity index (χ0v) is 20.0. The van der Waals surface area contributed by atoms with Gasteiger partial charge in [0, 0.05) is 12.0 Å². The molecule has 0 unspecified atom stereocenters. The molecule has 0 bridgehead atoms. The first-order chi connectivity index (χ1) is 12.8. The van der Waals surface area contributed by atoms with E-state index in [2.05, 4.69) is 39.4 Å². The molecule has 0 radical (unpaired) electrons. The van der Waals surface area contributed by atoms with Crippen LogP contribution in [-0.2, 0) is 9.59 Å². The summed E-state index contributed by atoms with van der Waals surface area (Å²) in [6.07, 6.45) is 2.71. The second-order valence-electron chi connectivity index (χ2n) is 7.85. The van der Waals surface area contributed by atoms with Gasteiger partial charge in [-0.1, -0.05) is 27.7 Å². The molecule has 0 spiro atoms. The third-order valence-electron chi connectivity index (χ3n) is 4.66. The number of alkyl halides is 1. The van der Waals surface area contributed by atoms with Crippen LogP contribution in [0.3, 0.4) is 0 Å². The quantitative estimate of drug-likeness (QED) is 0.141. The molecule has 0 aromatic rings. The van der Waals surface area contributed by atoms with E-state index in [0.29, 0.717) is 19.1 Å². The summed E-state index contributed by atoms with van der Waals surface area (Å²) in [5.74, 6) is 0.474. The van der Waals surface area contributed by atoms with Crippen LogP contribution in [0.4, 0.5) is 0 Å². The summed E-state index contributed by atoms with van der Waals surface area (Å²) in [6.45, 7) is 15.8. The van der Waals surface area contributed by atoms with Crippen LogP contribution >= 0.6 is 0 Å². The number of Topliss-reactive ketones (excluding diaryl/α,β-unsaturated/α-hetero) is 1. The van der Waals surface area contributed by atoms with Gasteiger partial charge in [0.05, 0.1) is 0 Å². The number of halogens is 1. The Bertz CT molecular complexity index is 438. The van der Waals surface area contributed by atoms with Gasteiger partial charge in [0.1, 0.15) is 0 Å². The molecule has 1 aliphatic rings. The number of nitrogens with one attached hydrogen (secondary N) is 2. The summed E-state index contributed by atoms with van der Waals surface area (Å²) < 4.78 is 3.88. The summed E-state index contributed by atoms with van der Waals surface area (Å²) in [6, 6.07) is 0.236. The Balaban J connectivity index is 2.17. The molecule has 1 atom stereocenters. The maximum atomic E-state index is 12.3. The summed E-state index contributed by atoms with van der Waals surface area (Å²) in [7, 11) is 0. The zero-order valence-electron chi connectivity index (χ0n) is 17.9. The van der Waals surface area contributed by atoms with E-state index in [1.807, 2.05) is 13.8 Å². The van der Waals surface area contributed by atoms with Crippen molar-refractivity contribution in [3.63, 3.8) is 0 Å². The molecular weight excluding hydrogens is 455 g/mol. The molecule has 0 saturated carbocycles. The van der Waals surface area contributed by atoms with Crippen molar-refractivity contribution in [1.82, 2.24) is 18.6 Å². The summed E-state index contributed by atoms with van der Waals surface area (Å²) in [4.78, 5) is 26.7. The van der Waals surface area contributed by atoms with E-state index in [-0.39, 0.29) is 45.1 Å². The number of rotatable bonds is 13. The molecule has 0 aromatic heterocycles. The average Bonchev–Trinajstić information content (AvgIpc) is 2.61. The van der Waals surface area contributed by atoms with Crippen molar-refractivity contribution >= 4 is 11.7 Å². The van der Waals surface area contributed by atoms with Gasteiger partial charge in [-0.15, -0.1) is 0 Å². The molecule has 0 aliphatic carbocycles. The molecule has 1 saturated heterocycles.